The minimum absolute atomic E-state index is 0.0781. The Morgan fingerprint density at radius 2 is 1.78 bits per heavy atom. The number of aryl methyl sites for hydroxylation is 1. The SMILES string of the molecule is Cn1c(C(=O)NCc2cccc(C(=O)N3CCCC3)c2)cc2ccccc21. The van der Waals surface area contributed by atoms with E-state index in [9.17, 15) is 9.59 Å². The Morgan fingerprint density at radius 3 is 2.56 bits per heavy atom. The molecule has 0 atom stereocenters. The molecule has 27 heavy (non-hydrogen) atoms. The molecule has 2 amide bonds. The van der Waals surface area contributed by atoms with Crippen molar-refractivity contribution in [3.8, 4) is 0 Å². The monoisotopic (exact) mass is 361 g/mol. The van der Waals surface area contributed by atoms with Crippen LogP contribution in [0.15, 0.2) is 54.6 Å². The first kappa shape index (κ1) is 17.3. The van der Waals surface area contributed by atoms with E-state index in [-0.39, 0.29) is 11.8 Å². The summed E-state index contributed by atoms with van der Waals surface area (Å²) in [6.45, 7) is 2.06. The molecule has 4 rings (SSSR count). The Morgan fingerprint density at radius 1 is 1.00 bits per heavy atom. The standard InChI is InChI=1S/C22H23N3O2/c1-24-19-10-3-2-8-17(19)14-20(24)21(26)23-15-16-7-6-9-18(13-16)22(27)25-11-4-5-12-25/h2-3,6-10,13-14H,4-5,11-12,15H2,1H3,(H,23,26). The van der Waals surface area contributed by atoms with Gasteiger partial charge in [-0.3, -0.25) is 9.59 Å². The van der Waals surface area contributed by atoms with E-state index in [0.29, 0.717) is 17.8 Å². The van der Waals surface area contributed by atoms with Crippen LogP contribution in [0.5, 0.6) is 0 Å². The quantitative estimate of drug-likeness (QED) is 0.775. The van der Waals surface area contributed by atoms with Gasteiger partial charge in [-0.25, -0.2) is 0 Å². The molecule has 0 radical (unpaired) electrons. The average molecular weight is 361 g/mol. The van der Waals surface area contributed by atoms with Gasteiger partial charge in [0, 0.05) is 43.1 Å². The second-order valence-corrected chi connectivity index (χ2v) is 7.03. The van der Waals surface area contributed by atoms with E-state index in [4.69, 9.17) is 0 Å². The van der Waals surface area contributed by atoms with E-state index in [2.05, 4.69) is 5.32 Å². The van der Waals surface area contributed by atoms with Crippen molar-refractivity contribution >= 4 is 22.7 Å². The number of amides is 2. The van der Waals surface area contributed by atoms with Crippen molar-refractivity contribution in [2.45, 2.75) is 19.4 Å². The molecular formula is C22H23N3O2. The average Bonchev–Trinajstić information content (AvgIpc) is 3.35. The highest BCUT2D eigenvalue weighted by molar-refractivity contribution is 5.98. The molecule has 0 spiro atoms. The van der Waals surface area contributed by atoms with Gasteiger partial charge < -0.3 is 14.8 Å². The number of likely N-dealkylation sites (tertiary alicyclic amines) is 1. The second-order valence-electron chi connectivity index (χ2n) is 7.03. The lowest BCUT2D eigenvalue weighted by atomic mass is 10.1. The summed E-state index contributed by atoms with van der Waals surface area (Å²) in [6, 6.07) is 17.4. The molecule has 1 N–H and O–H groups in total. The summed E-state index contributed by atoms with van der Waals surface area (Å²) in [7, 11) is 1.90. The van der Waals surface area contributed by atoms with E-state index in [1.165, 1.54) is 0 Å². The van der Waals surface area contributed by atoms with Gasteiger partial charge in [-0.1, -0.05) is 30.3 Å². The number of fused-ring (bicyclic) bond motifs is 1. The van der Waals surface area contributed by atoms with Gasteiger partial charge in [0.05, 0.1) is 0 Å². The fourth-order valence-corrected chi connectivity index (χ4v) is 3.70. The largest absolute Gasteiger partial charge is 0.347 e. The highest BCUT2D eigenvalue weighted by Gasteiger charge is 2.19. The predicted molar refractivity (Wildman–Crippen MR) is 106 cm³/mol. The van der Waals surface area contributed by atoms with Crippen molar-refractivity contribution in [3.05, 3.63) is 71.4 Å². The maximum Gasteiger partial charge on any atom is 0.268 e. The summed E-state index contributed by atoms with van der Waals surface area (Å²) in [5, 5.41) is 4.01. The van der Waals surface area contributed by atoms with E-state index < -0.39 is 0 Å². The Hall–Kier alpha value is -3.08. The maximum absolute atomic E-state index is 12.6. The molecular weight excluding hydrogens is 338 g/mol. The van der Waals surface area contributed by atoms with Crippen LogP contribution >= 0.6 is 0 Å². The lowest BCUT2D eigenvalue weighted by Crippen LogP contribution is -2.28. The fraction of sp³-hybridized carbons (Fsp3) is 0.273. The van der Waals surface area contributed by atoms with Gasteiger partial charge in [-0.2, -0.15) is 0 Å². The summed E-state index contributed by atoms with van der Waals surface area (Å²) in [6.07, 6.45) is 2.15. The Labute approximate surface area is 158 Å². The molecule has 2 heterocycles. The molecule has 5 heteroatoms. The van der Waals surface area contributed by atoms with Gasteiger partial charge in [0.1, 0.15) is 5.69 Å². The van der Waals surface area contributed by atoms with Crippen molar-refractivity contribution in [3.63, 3.8) is 0 Å². The van der Waals surface area contributed by atoms with Crippen LogP contribution in [0.25, 0.3) is 10.9 Å². The van der Waals surface area contributed by atoms with Crippen LogP contribution in [0.2, 0.25) is 0 Å². The maximum atomic E-state index is 12.6. The van der Waals surface area contributed by atoms with E-state index in [0.717, 1.165) is 42.4 Å². The number of rotatable bonds is 4. The Kier molecular flexibility index (Phi) is 4.67. The number of nitrogens with one attached hydrogen (secondary N) is 1. The smallest absolute Gasteiger partial charge is 0.268 e. The van der Waals surface area contributed by atoms with Crippen molar-refractivity contribution < 1.29 is 9.59 Å². The molecule has 0 unspecified atom stereocenters. The van der Waals surface area contributed by atoms with Gasteiger partial charge in [-0.15, -0.1) is 0 Å². The number of carbonyl (C=O) groups is 2. The molecule has 1 aliphatic rings. The number of nitrogens with zero attached hydrogens (tertiary/aromatic N) is 2. The number of hydrogen-bond acceptors (Lipinski definition) is 2. The Bertz CT molecular complexity index is 1000. The molecule has 3 aromatic rings. The van der Waals surface area contributed by atoms with Crippen LogP contribution in [-0.2, 0) is 13.6 Å². The highest BCUT2D eigenvalue weighted by atomic mass is 16.2. The minimum atomic E-state index is -0.120. The zero-order valence-corrected chi connectivity index (χ0v) is 15.4. The lowest BCUT2D eigenvalue weighted by molar-refractivity contribution is 0.0792. The fourth-order valence-electron chi connectivity index (χ4n) is 3.70. The molecule has 0 saturated carbocycles. The molecule has 0 aliphatic carbocycles. The molecule has 1 fully saturated rings. The molecule has 0 bridgehead atoms. The third-order valence-electron chi connectivity index (χ3n) is 5.20. The summed E-state index contributed by atoms with van der Waals surface area (Å²) in [5.74, 6) is -0.0423. The molecule has 1 aromatic heterocycles. The van der Waals surface area contributed by atoms with Crippen LogP contribution < -0.4 is 5.32 Å². The predicted octanol–water partition coefficient (Wildman–Crippen LogP) is 3.34. The van der Waals surface area contributed by atoms with E-state index >= 15 is 0 Å². The summed E-state index contributed by atoms with van der Waals surface area (Å²) < 4.78 is 1.90. The Balaban J connectivity index is 1.46. The number of para-hydroxylation sites is 1. The molecule has 5 nitrogen and oxygen atoms in total. The zero-order chi connectivity index (χ0) is 18.8. The first-order chi connectivity index (χ1) is 13.1. The number of hydrogen-bond donors (Lipinski definition) is 1. The van der Waals surface area contributed by atoms with Gasteiger partial charge in [0.2, 0.25) is 0 Å². The molecule has 2 aromatic carbocycles. The van der Waals surface area contributed by atoms with Crippen LogP contribution in [0, 0.1) is 0 Å². The summed E-state index contributed by atoms with van der Waals surface area (Å²) in [5.41, 5.74) is 3.27. The van der Waals surface area contributed by atoms with Crippen LogP contribution in [0.4, 0.5) is 0 Å². The summed E-state index contributed by atoms with van der Waals surface area (Å²) >= 11 is 0. The van der Waals surface area contributed by atoms with Gasteiger partial charge in [-0.05, 0) is 42.7 Å². The van der Waals surface area contributed by atoms with E-state index in [1.807, 2.05) is 71.1 Å². The van der Waals surface area contributed by atoms with Crippen molar-refractivity contribution in [1.82, 2.24) is 14.8 Å². The van der Waals surface area contributed by atoms with Crippen LogP contribution in [0.1, 0.15) is 39.3 Å². The topological polar surface area (TPSA) is 54.3 Å². The zero-order valence-electron chi connectivity index (χ0n) is 15.4. The molecule has 1 aliphatic heterocycles. The molecule has 1 saturated heterocycles. The van der Waals surface area contributed by atoms with E-state index in [1.54, 1.807) is 0 Å². The third-order valence-corrected chi connectivity index (χ3v) is 5.20. The first-order valence-electron chi connectivity index (χ1n) is 9.34. The number of aromatic nitrogens is 1. The summed E-state index contributed by atoms with van der Waals surface area (Å²) in [4.78, 5) is 27.1. The lowest BCUT2D eigenvalue weighted by Gasteiger charge is -2.15. The third kappa shape index (κ3) is 3.45. The van der Waals surface area contributed by atoms with Crippen molar-refractivity contribution in [2.75, 3.05) is 13.1 Å². The van der Waals surface area contributed by atoms with Crippen LogP contribution in [0.3, 0.4) is 0 Å². The highest BCUT2D eigenvalue weighted by Crippen LogP contribution is 2.18. The van der Waals surface area contributed by atoms with Gasteiger partial charge in [0.15, 0.2) is 0 Å². The normalized spacial score (nSPS) is 13.9. The van der Waals surface area contributed by atoms with Gasteiger partial charge >= 0.3 is 0 Å². The second kappa shape index (κ2) is 7.27. The molecule has 138 valence electrons. The van der Waals surface area contributed by atoms with Crippen molar-refractivity contribution in [1.29, 1.82) is 0 Å². The number of benzene rings is 2. The number of carbonyl (C=O) groups excluding carboxylic acids is 2. The van der Waals surface area contributed by atoms with Gasteiger partial charge in [0.25, 0.3) is 11.8 Å². The van der Waals surface area contributed by atoms with Crippen molar-refractivity contribution in [2.24, 2.45) is 7.05 Å². The minimum Gasteiger partial charge on any atom is -0.347 e. The first-order valence-corrected chi connectivity index (χ1v) is 9.34. The van der Waals surface area contributed by atoms with Crippen LogP contribution in [-0.4, -0.2) is 34.4 Å².